The molecule has 1 amide bonds. The monoisotopic (exact) mass is 1540 g/mol. The van der Waals surface area contributed by atoms with E-state index in [9.17, 15) is 61.0 Å². The molecule has 3 fully saturated rings. The SMILES string of the molecule is CCCCCCC/C=C\C/C=C\C/C=C\CCCCCCCCCCCCCCCCCCCCCCCCCCCCC(=O)NC(COC1OC(CO)C(OC2OC(CO)C(OC3OC(CO)C(O)C(O)C3O)C(O)C2O)C(O)C1O)C(O)CCCCCCCCCCCCCCCCCCCCCCCC. The Hall–Kier alpha value is -1.99. The fourth-order valence-corrected chi connectivity index (χ4v) is 15.5. The first-order valence-corrected chi connectivity index (χ1v) is 45.2. The quantitative estimate of drug-likeness (QED) is 0.0199. The molecule has 19 nitrogen and oxygen atoms in total. The summed E-state index contributed by atoms with van der Waals surface area (Å²) in [6, 6.07) is -0.886. The highest BCUT2D eigenvalue weighted by molar-refractivity contribution is 5.76. The number of ether oxygens (including phenoxy) is 6. The molecule has 0 aromatic rings. The van der Waals surface area contributed by atoms with Crippen molar-refractivity contribution in [1.82, 2.24) is 5.32 Å². The van der Waals surface area contributed by atoms with E-state index in [1.807, 2.05) is 0 Å². The van der Waals surface area contributed by atoms with Crippen molar-refractivity contribution in [3.05, 3.63) is 36.5 Å². The molecule has 3 aliphatic rings. The largest absolute Gasteiger partial charge is 0.394 e. The number of unbranched alkanes of at least 4 members (excludes halogenated alkanes) is 52. The summed E-state index contributed by atoms with van der Waals surface area (Å²) < 4.78 is 34.6. The molecular formula is C89H167NO18. The van der Waals surface area contributed by atoms with Crippen LogP contribution in [0.5, 0.6) is 0 Å². The van der Waals surface area contributed by atoms with Gasteiger partial charge in [0.05, 0.1) is 38.6 Å². The molecule has 0 aromatic heterocycles. The highest BCUT2D eigenvalue weighted by Crippen LogP contribution is 2.34. The molecule has 17 atom stereocenters. The van der Waals surface area contributed by atoms with Crippen LogP contribution in [0.25, 0.3) is 0 Å². The fraction of sp³-hybridized carbons (Fsp3) is 0.921. The van der Waals surface area contributed by atoms with Crippen LogP contribution >= 0.6 is 0 Å². The molecule has 0 bridgehead atoms. The molecule has 3 aliphatic heterocycles. The summed E-state index contributed by atoms with van der Waals surface area (Å²) in [4.78, 5) is 13.5. The van der Waals surface area contributed by atoms with Crippen LogP contribution in [-0.4, -0.2) is 193 Å². The van der Waals surface area contributed by atoms with Gasteiger partial charge in [-0.25, -0.2) is 0 Å². The number of aliphatic hydroxyl groups excluding tert-OH is 11. The van der Waals surface area contributed by atoms with Gasteiger partial charge in [-0.05, 0) is 51.4 Å². The lowest BCUT2D eigenvalue weighted by molar-refractivity contribution is -0.379. The standard InChI is InChI=1S/C89H167NO18/c1-3-5-7-9-11-13-15-17-19-21-23-25-27-28-29-30-31-32-33-34-35-36-37-38-39-40-41-42-43-44-45-47-49-51-53-55-57-59-61-63-65-67-77(95)90-72(73(94)66-64-62-60-58-56-54-52-50-48-46-26-24-22-20-18-16-14-12-10-8-6-4-2)71-103-87-83(101)80(98)85(75(69-92)105-87)108-89-84(102)81(99)86(76(70-93)106-89)107-88-82(100)79(97)78(96)74(68-91)104-88/h15,17,21,23,27-28,72-76,78-89,91-94,96-102H,3-14,16,18-20,22,24-26,29-71H2,1-2H3,(H,90,95)/b17-15-,23-21-,28-27-. The third kappa shape index (κ3) is 47.8. The predicted octanol–water partition coefficient (Wildman–Crippen LogP) is 17.0. The molecule has 0 aliphatic carbocycles. The smallest absolute Gasteiger partial charge is 0.220 e. The van der Waals surface area contributed by atoms with Gasteiger partial charge in [0.2, 0.25) is 5.91 Å². The van der Waals surface area contributed by atoms with Gasteiger partial charge in [-0.3, -0.25) is 4.79 Å². The highest BCUT2D eigenvalue weighted by Gasteiger charge is 2.54. The lowest BCUT2D eigenvalue weighted by Crippen LogP contribution is -2.66. The lowest BCUT2D eigenvalue weighted by atomic mass is 9.96. The Morgan fingerprint density at radius 1 is 0.333 bits per heavy atom. The lowest BCUT2D eigenvalue weighted by Gasteiger charge is -2.48. The summed E-state index contributed by atoms with van der Waals surface area (Å²) in [5.74, 6) is -0.234. The molecule has 12 N–H and O–H groups in total. The van der Waals surface area contributed by atoms with E-state index < -0.39 is 124 Å². The second-order valence-corrected chi connectivity index (χ2v) is 32.4. The molecule has 0 spiro atoms. The first-order chi connectivity index (χ1) is 52.8. The Morgan fingerprint density at radius 2 is 0.611 bits per heavy atom. The van der Waals surface area contributed by atoms with Crippen molar-refractivity contribution in [2.45, 2.75) is 497 Å². The minimum Gasteiger partial charge on any atom is -0.394 e. The number of rotatable bonds is 74. The van der Waals surface area contributed by atoms with Crippen LogP contribution in [0.2, 0.25) is 0 Å². The molecule has 636 valence electrons. The zero-order valence-electron chi connectivity index (χ0n) is 68.6. The zero-order chi connectivity index (χ0) is 78.1. The molecule has 0 saturated carbocycles. The molecule has 3 saturated heterocycles. The van der Waals surface area contributed by atoms with Crippen molar-refractivity contribution in [2.24, 2.45) is 0 Å². The van der Waals surface area contributed by atoms with Crippen LogP contribution in [0.15, 0.2) is 36.5 Å². The number of aliphatic hydroxyl groups is 11. The first-order valence-electron chi connectivity index (χ1n) is 45.2. The third-order valence-corrected chi connectivity index (χ3v) is 22.7. The molecule has 0 aromatic carbocycles. The number of allylic oxidation sites excluding steroid dienone is 6. The van der Waals surface area contributed by atoms with Crippen molar-refractivity contribution in [3.63, 3.8) is 0 Å². The number of carbonyl (C=O) groups excluding carboxylic acids is 1. The van der Waals surface area contributed by atoms with Crippen molar-refractivity contribution in [2.75, 3.05) is 26.4 Å². The highest BCUT2D eigenvalue weighted by atomic mass is 16.8. The Balaban J connectivity index is 1.28. The second-order valence-electron chi connectivity index (χ2n) is 32.4. The van der Waals surface area contributed by atoms with Gasteiger partial charge < -0.3 is 89.9 Å². The summed E-state index contributed by atoms with van der Waals surface area (Å²) in [6.07, 6.45) is 61.2. The van der Waals surface area contributed by atoms with E-state index in [-0.39, 0.29) is 18.9 Å². The van der Waals surface area contributed by atoms with Crippen LogP contribution in [-0.2, 0) is 33.2 Å². The second kappa shape index (κ2) is 69.3. The molecule has 17 unspecified atom stereocenters. The van der Waals surface area contributed by atoms with Crippen LogP contribution in [0.4, 0.5) is 0 Å². The van der Waals surface area contributed by atoms with Gasteiger partial charge in [0, 0.05) is 6.42 Å². The Labute approximate surface area is 657 Å². The van der Waals surface area contributed by atoms with Crippen LogP contribution in [0.1, 0.15) is 393 Å². The van der Waals surface area contributed by atoms with E-state index >= 15 is 0 Å². The number of hydrogen-bond acceptors (Lipinski definition) is 18. The van der Waals surface area contributed by atoms with E-state index in [2.05, 4.69) is 55.6 Å². The predicted molar refractivity (Wildman–Crippen MR) is 434 cm³/mol. The number of carbonyl (C=O) groups is 1. The first kappa shape index (κ1) is 100. The minimum absolute atomic E-state index is 0.234. The zero-order valence-corrected chi connectivity index (χ0v) is 68.6. The van der Waals surface area contributed by atoms with E-state index in [1.54, 1.807) is 0 Å². The van der Waals surface area contributed by atoms with Crippen LogP contribution < -0.4 is 5.32 Å². The van der Waals surface area contributed by atoms with E-state index in [4.69, 9.17) is 28.4 Å². The molecule has 19 heteroatoms. The van der Waals surface area contributed by atoms with E-state index in [0.29, 0.717) is 12.8 Å². The fourth-order valence-electron chi connectivity index (χ4n) is 15.5. The molecule has 108 heavy (non-hydrogen) atoms. The van der Waals surface area contributed by atoms with Crippen LogP contribution in [0.3, 0.4) is 0 Å². The Kier molecular flexibility index (Phi) is 64.3. The maximum Gasteiger partial charge on any atom is 0.220 e. The number of hydrogen-bond donors (Lipinski definition) is 12. The minimum atomic E-state index is -1.97. The van der Waals surface area contributed by atoms with Gasteiger partial charge in [-0.15, -0.1) is 0 Å². The summed E-state index contributed by atoms with van der Waals surface area (Å²) in [7, 11) is 0. The summed E-state index contributed by atoms with van der Waals surface area (Å²) in [5, 5.41) is 121. The topological polar surface area (TPSA) is 307 Å². The maximum atomic E-state index is 13.5. The van der Waals surface area contributed by atoms with E-state index in [1.165, 1.54) is 302 Å². The van der Waals surface area contributed by atoms with Gasteiger partial charge in [0.15, 0.2) is 18.9 Å². The molecule has 0 radical (unpaired) electrons. The number of nitrogens with one attached hydrogen (secondary N) is 1. The summed E-state index contributed by atoms with van der Waals surface area (Å²) >= 11 is 0. The molecular weight excluding hydrogens is 1370 g/mol. The van der Waals surface area contributed by atoms with Gasteiger partial charge >= 0.3 is 0 Å². The average molecular weight is 1540 g/mol. The molecule has 3 heterocycles. The van der Waals surface area contributed by atoms with Crippen LogP contribution in [0, 0.1) is 0 Å². The van der Waals surface area contributed by atoms with Crippen molar-refractivity contribution < 1.29 is 89.4 Å². The van der Waals surface area contributed by atoms with Crippen molar-refractivity contribution in [1.29, 1.82) is 0 Å². The third-order valence-electron chi connectivity index (χ3n) is 22.7. The molecule has 3 rings (SSSR count). The summed E-state index contributed by atoms with van der Waals surface area (Å²) in [6.45, 7) is 1.85. The van der Waals surface area contributed by atoms with Gasteiger partial charge in [-0.1, -0.05) is 371 Å². The van der Waals surface area contributed by atoms with Gasteiger partial charge in [-0.2, -0.15) is 0 Å². The van der Waals surface area contributed by atoms with Gasteiger partial charge in [0.1, 0.15) is 73.2 Å². The van der Waals surface area contributed by atoms with Crippen molar-refractivity contribution in [3.8, 4) is 0 Å². The normalized spacial score (nSPS) is 25.5. The van der Waals surface area contributed by atoms with Gasteiger partial charge in [0.25, 0.3) is 0 Å². The van der Waals surface area contributed by atoms with Crippen molar-refractivity contribution >= 4 is 5.91 Å². The number of amides is 1. The average Bonchev–Trinajstić information content (AvgIpc) is 0.787. The maximum absolute atomic E-state index is 13.5. The van der Waals surface area contributed by atoms with E-state index in [0.717, 1.165) is 57.8 Å². The Morgan fingerprint density at radius 3 is 0.954 bits per heavy atom. The Bertz CT molecular complexity index is 2090. The summed E-state index contributed by atoms with van der Waals surface area (Å²) in [5.41, 5.74) is 0.